The molecule has 0 radical (unpaired) electrons. The monoisotopic (exact) mass is 320 g/mol. The second-order valence-corrected chi connectivity index (χ2v) is 7.27. The highest BCUT2D eigenvalue weighted by atomic mass is 16.5. The lowest BCUT2D eigenvalue weighted by Crippen LogP contribution is -2.35. The van der Waals surface area contributed by atoms with E-state index in [1.54, 1.807) is 0 Å². The van der Waals surface area contributed by atoms with E-state index >= 15 is 0 Å². The zero-order chi connectivity index (χ0) is 16.6. The molecule has 1 saturated carbocycles. The molecule has 1 aromatic heterocycles. The summed E-state index contributed by atoms with van der Waals surface area (Å²) in [6.45, 7) is 7.18. The molecule has 0 saturated heterocycles. The van der Waals surface area contributed by atoms with Crippen LogP contribution in [0.25, 0.3) is 0 Å². The predicted octanol–water partition coefficient (Wildman–Crippen LogP) is 1.94. The van der Waals surface area contributed by atoms with Crippen LogP contribution < -0.4 is 5.73 Å². The molecule has 1 aliphatic heterocycles. The van der Waals surface area contributed by atoms with E-state index in [0.717, 1.165) is 30.1 Å². The molecule has 128 valence electrons. The number of fused-ring (bicyclic) bond motifs is 3. The topological polar surface area (TPSA) is 85.7 Å². The highest BCUT2D eigenvalue weighted by Crippen LogP contribution is 2.40. The molecule has 0 aromatic carbocycles. The number of imidazole rings is 1. The molecule has 0 amide bonds. The van der Waals surface area contributed by atoms with Crippen LogP contribution in [0.15, 0.2) is 4.99 Å². The summed E-state index contributed by atoms with van der Waals surface area (Å²) in [5.74, 6) is 1.73. The Labute approximate surface area is 137 Å². The SMILES string of the molecule is CCOCc1nc2c(n1CC(C)(C)O)C1CCCCC1N=C2N. The van der Waals surface area contributed by atoms with Gasteiger partial charge in [-0.2, -0.15) is 0 Å². The van der Waals surface area contributed by atoms with Crippen molar-refractivity contribution in [2.24, 2.45) is 10.7 Å². The first kappa shape index (κ1) is 16.5. The normalized spacial score (nSPS) is 24.1. The van der Waals surface area contributed by atoms with Crippen LogP contribution in [-0.2, 0) is 17.9 Å². The molecule has 2 aliphatic rings. The van der Waals surface area contributed by atoms with E-state index in [-0.39, 0.29) is 6.04 Å². The van der Waals surface area contributed by atoms with Crippen molar-refractivity contribution in [3.8, 4) is 0 Å². The summed E-state index contributed by atoms with van der Waals surface area (Å²) < 4.78 is 7.71. The third-order valence-corrected chi connectivity index (χ3v) is 4.69. The van der Waals surface area contributed by atoms with E-state index in [2.05, 4.69) is 4.57 Å². The first-order valence-corrected chi connectivity index (χ1v) is 8.63. The molecule has 2 unspecified atom stereocenters. The molecule has 2 heterocycles. The van der Waals surface area contributed by atoms with Crippen LogP contribution in [-0.4, -0.2) is 38.7 Å². The maximum atomic E-state index is 10.4. The van der Waals surface area contributed by atoms with E-state index in [0.29, 0.717) is 31.5 Å². The molecule has 0 bridgehead atoms. The smallest absolute Gasteiger partial charge is 0.146 e. The maximum absolute atomic E-state index is 10.4. The Balaban J connectivity index is 2.06. The van der Waals surface area contributed by atoms with Crippen LogP contribution in [0.4, 0.5) is 0 Å². The second-order valence-electron chi connectivity index (χ2n) is 7.27. The molecular weight excluding hydrogens is 292 g/mol. The Kier molecular flexibility index (Phi) is 4.47. The van der Waals surface area contributed by atoms with Gasteiger partial charge in [0.1, 0.15) is 24.0 Å². The molecule has 3 N–H and O–H groups in total. The standard InChI is InChI=1S/C17H28N4O2/c1-4-23-9-13-20-14-15(21(13)10-17(2,3)22)11-7-5-6-8-12(11)19-16(14)18/h11-12,22H,4-10H2,1-3H3,(H2,18,19). The van der Waals surface area contributed by atoms with Crippen molar-refractivity contribution >= 4 is 5.84 Å². The number of aliphatic imine (C=N–C) groups is 1. The Morgan fingerprint density at radius 1 is 1.35 bits per heavy atom. The number of ether oxygens (including phenoxy) is 1. The van der Waals surface area contributed by atoms with Gasteiger partial charge >= 0.3 is 0 Å². The molecule has 6 nitrogen and oxygen atoms in total. The summed E-state index contributed by atoms with van der Waals surface area (Å²) >= 11 is 0. The third-order valence-electron chi connectivity index (χ3n) is 4.69. The Morgan fingerprint density at radius 3 is 2.78 bits per heavy atom. The number of amidine groups is 1. The van der Waals surface area contributed by atoms with Gasteiger partial charge in [0, 0.05) is 12.5 Å². The molecule has 1 aliphatic carbocycles. The van der Waals surface area contributed by atoms with Gasteiger partial charge in [0.05, 0.1) is 23.9 Å². The first-order chi connectivity index (χ1) is 10.9. The Morgan fingerprint density at radius 2 is 2.09 bits per heavy atom. The van der Waals surface area contributed by atoms with Gasteiger partial charge < -0.3 is 20.1 Å². The number of nitrogens with two attached hydrogens (primary N) is 1. The summed E-state index contributed by atoms with van der Waals surface area (Å²) in [5.41, 5.74) is 7.33. The highest BCUT2D eigenvalue weighted by molar-refractivity contribution is 5.98. The van der Waals surface area contributed by atoms with Crippen LogP contribution in [0, 0.1) is 0 Å². The lowest BCUT2D eigenvalue weighted by atomic mass is 9.80. The number of rotatable bonds is 5. The van der Waals surface area contributed by atoms with Crippen molar-refractivity contribution in [1.82, 2.24) is 9.55 Å². The molecule has 6 heteroatoms. The Hall–Kier alpha value is -1.40. The van der Waals surface area contributed by atoms with Gasteiger partial charge in [-0.05, 0) is 33.6 Å². The molecular formula is C17H28N4O2. The number of hydrogen-bond acceptors (Lipinski definition) is 5. The van der Waals surface area contributed by atoms with Gasteiger partial charge in [0.25, 0.3) is 0 Å². The van der Waals surface area contributed by atoms with Crippen LogP contribution in [0.1, 0.15) is 69.6 Å². The van der Waals surface area contributed by atoms with Crippen molar-refractivity contribution in [1.29, 1.82) is 0 Å². The number of nitrogens with zero attached hydrogens (tertiary/aromatic N) is 3. The molecule has 23 heavy (non-hydrogen) atoms. The minimum Gasteiger partial charge on any atom is -0.389 e. The minimum absolute atomic E-state index is 0.258. The summed E-state index contributed by atoms with van der Waals surface area (Å²) in [6.07, 6.45) is 4.61. The first-order valence-electron chi connectivity index (χ1n) is 8.63. The van der Waals surface area contributed by atoms with Gasteiger partial charge in [-0.3, -0.25) is 4.99 Å². The fraction of sp³-hybridized carbons (Fsp3) is 0.765. The third kappa shape index (κ3) is 3.28. The summed E-state index contributed by atoms with van der Waals surface area (Å²) in [5, 5.41) is 10.4. The van der Waals surface area contributed by atoms with Gasteiger partial charge in [0.2, 0.25) is 0 Å². The van der Waals surface area contributed by atoms with E-state index in [1.807, 2.05) is 20.8 Å². The van der Waals surface area contributed by atoms with E-state index < -0.39 is 5.60 Å². The van der Waals surface area contributed by atoms with Gasteiger partial charge in [-0.15, -0.1) is 0 Å². The van der Waals surface area contributed by atoms with E-state index in [1.165, 1.54) is 12.8 Å². The summed E-state index contributed by atoms with van der Waals surface area (Å²) in [4.78, 5) is 9.41. The molecule has 2 atom stereocenters. The highest BCUT2D eigenvalue weighted by Gasteiger charge is 2.37. The number of aliphatic hydroxyl groups is 1. The molecule has 3 rings (SSSR count). The van der Waals surface area contributed by atoms with Gasteiger partial charge in [0.15, 0.2) is 0 Å². The second kappa shape index (κ2) is 6.24. The van der Waals surface area contributed by atoms with Crippen molar-refractivity contribution < 1.29 is 9.84 Å². The molecule has 1 fully saturated rings. The fourth-order valence-corrected chi connectivity index (χ4v) is 3.77. The fourth-order valence-electron chi connectivity index (χ4n) is 3.77. The quantitative estimate of drug-likeness (QED) is 0.868. The number of aromatic nitrogens is 2. The van der Waals surface area contributed by atoms with Crippen LogP contribution in [0.5, 0.6) is 0 Å². The van der Waals surface area contributed by atoms with Gasteiger partial charge in [-0.1, -0.05) is 12.8 Å². The average Bonchev–Trinajstić information content (AvgIpc) is 2.83. The lowest BCUT2D eigenvalue weighted by molar-refractivity contribution is 0.0553. The van der Waals surface area contributed by atoms with Crippen molar-refractivity contribution in [2.45, 2.75) is 77.2 Å². The maximum Gasteiger partial charge on any atom is 0.146 e. The van der Waals surface area contributed by atoms with Crippen molar-refractivity contribution in [3.05, 3.63) is 17.2 Å². The zero-order valence-electron chi connectivity index (χ0n) is 14.4. The van der Waals surface area contributed by atoms with Crippen LogP contribution >= 0.6 is 0 Å². The predicted molar refractivity (Wildman–Crippen MR) is 89.6 cm³/mol. The molecule has 0 spiro atoms. The van der Waals surface area contributed by atoms with Crippen LogP contribution in [0.3, 0.4) is 0 Å². The van der Waals surface area contributed by atoms with Gasteiger partial charge in [-0.25, -0.2) is 4.98 Å². The van der Waals surface area contributed by atoms with E-state index in [4.69, 9.17) is 20.4 Å². The lowest BCUT2D eigenvalue weighted by Gasteiger charge is -2.34. The van der Waals surface area contributed by atoms with Crippen LogP contribution in [0.2, 0.25) is 0 Å². The minimum atomic E-state index is -0.817. The zero-order valence-corrected chi connectivity index (χ0v) is 14.4. The Bertz CT molecular complexity index is 600. The average molecular weight is 320 g/mol. The number of hydrogen-bond donors (Lipinski definition) is 2. The van der Waals surface area contributed by atoms with Crippen molar-refractivity contribution in [3.63, 3.8) is 0 Å². The molecule has 1 aromatic rings. The summed E-state index contributed by atoms with van der Waals surface area (Å²) in [7, 11) is 0. The van der Waals surface area contributed by atoms with E-state index in [9.17, 15) is 5.11 Å². The summed E-state index contributed by atoms with van der Waals surface area (Å²) in [6, 6.07) is 0.258. The van der Waals surface area contributed by atoms with Crippen molar-refractivity contribution in [2.75, 3.05) is 6.61 Å². The largest absolute Gasteiger partial charge is 0.389 e.